The van der Waals surface area contributed by atoms with Gasteiger partial charge in [-0.05, 0) is 42.5 Å². The largest absolute Gasteiger partial charge is 0.340 e. The molecule has 1 saturated carbocycles. The topological polar surface area (TPSA) is 68.0 Å². The molecule has 6 heteroatoms. The minimum atomic E-state index is -0.299. The van der Waals surface area contributed by atoms with Crippen LogP contribution >= 0.6 is 11.6 Å². The molecule has 1 unspecified atom stereocenters. The van der Waals surface area contributed by atoms with Gasteiger partial charge in [-0.3, -0.25) is 4.79 Å². The fourth-order valence-corrected chi connectivity index (χ4v) is 2.47. The van der Waals surface area contributed by atoms with Crippen molar-refractivity contribution in [1.29, 1.82) is 0 Å². The van der Waals surface area contributed by atoms with Crippen LogP contribution in [0.15, 0.2) is 34.9 Å². The molecule has 0 radical (unpaired) electrons. The van der Waals surface area contributed by atoms with Crippen molar-refractivity contribution in [3.8, 4) is 0 Å². The summed E-state index contributed by atoms with van der Waals surface area (Å²) in [7, 11) is 0. The smallest absolute Gasteiger partial charge is 0.249 e. The van der Waals surface area contributed by atoms with E-state index in [0.717, 1.165) is 24.2 Å². The minimum Gasteiger partial charge on any atom is -0.340 e. The summed E-state index contributed by atoms with van der Waals surface area (Å²) in [5.74, 6) is 1.60. The third-order valence-corrected chi connectivity index (χ3v) is 4.18. The van der Waals surface area contributed by atoms with Gasteiger partial charge in [0, 0.05) is 17.0 Å². The van der Waals surface area contributed by atoms with Gasteiger partial charge in [-0.1, -0.05) is 42.7 Å². The fourth-order valence-electron chi connectivity index (χ4n) is 2.34. The zero-order valence-corrected chi connectivity index (χ0v) is 14.5. The first-order chi connectivity index (χ1) is 11.5. The van der Waals surface area contributed by atoms with Crippen molar-refractivity contribution in [3.05, 3.63) is 52.6 Å². The summed E-state index contributed by atoms with van der Waals surface area (Å²) in [6.45, 7) is 4.02. The Bertz CT molecular complexity index is 733. The Labute approximate surface area is 146 Å². The molecule has 1 fully saturated rings. The van der Waals surface area contributed by atoms with Gasteiger partial charge in [-0.2, -0.15) is 4.98 Å². The van der Waals surface area contributed by atoms with E-state index in [-0.39, 0.29) is 17.9 Å². The lowest BCUT2D eigenvalue weighted by atomic mass is 10.0. The number of amides is 1. The summed E-state index contributed by atoms with van der Waals surface area (Å²) in [5.41, 5.74) is 0.907. The Morgan fingerprint density at radius 1 is 1.33 bits per heavy atom. The molecule has 0 saturated heterocycles. The van der Waals surface area contributed by atoms with Gasteiger partial charge in [0.2, 0.25) is 11.8 Å². The quantitative estimate of drug-likeness (QED) is 0.799. The number of nitrogens with zero attached hydrogens (tertiary/aromatic N) is 2. The summed E-state index contributed by atoms with van der Waals surface area (Å²) >= 11 is 5.85. The Balaban J connectivity index is 1.65. The lowest BCUT2D eigenvalue weighted by Gasteiger charge is -2.17. The number of nitrogens with one attached hydrogen (secondary N) is 1. The third kappa shape index (κ3) is 4.23. The predicted octanol–water partition coefficient (Wildman–Crippen LogP) is 4.13. The highest BCUT2D eigenvalue weighted by atomic mass is 35.5. The van der Waals surface area contributed by atoms with E-state index in [0.29, 0.717) is 16.8 Å². The van der Waals surface area contributed by atoms with Crippen LogP contribution in [0.1, 0.15) is 55.9 Å². The van der Waals surface area contributed by atoms with E-state index in [1.165, 1.54) is 6.08 Å². The maximum atomic E-state index is 12.2. The van der Waals surface area contributed by atoms with E-state index in [1.54, 1.807) is 18.2 Å². The molecule has 1 aromatic heterocycles. The highest BCUT2D eigenvalue weighted by molar-refractivity contribution is 6.30. The van der Waals surface area contributed by atoms with E-state index in [4.69, 9.17) is 16.1 Å². The van der Waals surface area contributed by atoms with Crippen molar-refractivity contribution in [3.63, 3.8) is 0 Å². The van der Waals surface area contributed by atoms with Crippen molar-refractivity contribution in [1.82, 2.24) is 15.5 Å². The molecular formula is C18H20ClN3O2. The van der Waals surface area contributed by atoms with Crippen molar-refractivity contribution >= 4 is 23.6 Å². The van der Waals surface area contributed by atoms with E-state index in [2.05, 4.69) is 15.5 Å². The lowest BCUT2D eigenvalue weighted by molar-refractivity contribution is -0.117. The summed E-state index contributed by atoms with van der Waals surface area (Å²) in [4.78, 5) is 16.7. The zero-order chi connectivity index (χ0) is 17.1. The van der Waals surface area contributed by atoms with E-state index in [1.807, 2.05) is 26.0 Å². The average Bonchev–Trinajstić information content (AvgIpc) is 3.30. The number of aromatic nitrogens is 2. The first-order valence-corrected chi connectivity index (χ1v) is 8.48. The number of rotatable bonds is 6. The molecule has 1 atom stereocenters. The SMILES string of the molecule is CC(C)C(NC(=O)/C=C/c1ccc(Cl)cc1)c1nc(C2CC2)no1. The molecule has 3 rings (SSSR count). The van der Waals surface area contributed by atoms with Gasteiger partial charge in [-0.15, -0.1) is 0 Å². The standard InChI is InChI=1S/C18H20ClN3O2/c1-11(2)16(18-21-17(22-24-18)13-6-7-13)20-15(23)10-5-12-3-8-14(19)9-4-12/h3-5,8-11,13,16H,6-7H2,1-2H3,(H,20,23)/b10-5+. The highest BCUT2D eigenvalue weighted by Gasteiger charge is 2.31. The first-order valence-electron chi connectivity index (χ1n) is 8.10. The molecule has 0 bridgehead atoms. The first kappa shape index (κ1) is 16.7. The second-order valence-electron chi connectivity index (χ2n) is 6.38. The van der Waals surface area contributed by atoms with Crippen molar-refractivity contribution < 1.29 is 9.32 Å². The van der Waals surface area contributed by atoms with Gasteiger partial charge in [0.15, 0.2) is 5.82 Å². The number of carbonyl (C=O) groups is 1. The van der Waals surface area contributed by atoms with Gasteiger partial charge >= 0.3 is 0 Å². The Morgan fingerprint density at radius 3 is 2.67 bits per heavy atom. The van der Waals surface area contributed by atoms with Gasteiger partial charge in [-0.25, -0.2) is 0 Å². The van der Waals surface area contributed by atoms with Crippen LogP contribution < -0.4 is 5.32 Å². The maximum Gasteiger partial charge on any atom is 0.249 e. The van der Waals surface area contributed by atoms with Crippen LogP contribution in [0.4, 0.5) is 0 Å². The van der Waals surface area contributed by atoms with Gasteiger partial charge in [0.1, 0.15) is 6.04 Å². The number of hydrogen-bond acceptors (Lipinski definition) is 4. The van der Waals surface area contributed by atoms with E-state index < -0.39 is 0 Å². The second kappa shape index (κ2) is 7.18. The molecule has 126 valence electrons. The van der Waals surface area contributed by atoms with Crippen molar-refractivity contribution in [2.75, 3.05) is 0 Å². The summed E-state index contributed by atoms with van der Waals surface area (Å²) < 4.78 is 5.35. The Hall–Kier alpha value is -2.14. The number of carbonyl (C=O) groups excluding carboxylic acids is 1. The summed E-state index contributed by atoms with van der Waals surface area (Å²) in [6.07, 6.45) is 5.46. The van der Waals surface area contributed by atoms with Crippen LogP contribution in [-0.4, -0.2) is 16.0 Å². The molecule has 1 aliphatic carbocycles. The minimum absolute atomic E-state index is 0.144. The molecule has 1 heterocycles. The average molecular weight is 346 g/mol. The number of hydrogen-bond donors (Lipinski definition) is 1. The lowest BCUT2D eigenvalue weighted by Crippen LogP contribution is -2.30. The molecule has 2 aromatic rings. The van der Waals surface area contributed by atoms with Crippen molar-refractivity contribution in [2.45, 2.75) is 38.6 Å². The zero-order valence-electron chi connectivity index (χ0n) is 13.7. The van der Waals surface area contributed by atoms with Crippen LogP contribution in [0.25, 0.3) is 6.08 Å². The predicted molar refractivity (Wildman–Crippen MR) is 92.5 cm³/mol. The van der Waals surface area contributed by atoms with Crippen LogP contribution in [0.2, 0.25) is 5.02 Å². The molecule has 0 spiro atoms. The van der Waals surface area contributed by atoms with Crippen LogP contribution in [0, 0.1) is 5.92 Å². The molecule has 5 nitrogen and oxygen atoms in total. The Morgan fingerprint density at radius 2 is 2.04 bits per heavy atom. The number of benzene rings is 1. The molecule has 1 amide bonds. The van der Waals surface area contributed by atoms with E-state index >= 15 is 0 Å². The fraction of sp³-hybridized carbons (Fsp3) is 0.389. The van der Waals surface area contributed by atoms with Gasteiger partial charge in [0.05, 0.1) is 0 Å². The molecule has 1 N–H and O–H groups in total. The molecule has 1 aromatic carbocycles. The van der Waals surface area contributed by atoms with Gasteiger partial charge in [0.25, 0.3) is 0 Å². The second-order valence-corrected chi connectivity index (χ2v) is 6.82. The van der Waals surface area contributed by atoms with Crippen LogP contribution in [0.3, 0.4) is 0 Å². The maximum absolute atomic E-state index is 12.2. The third-order valence-electron chi connectivity index (χ3n) is 3.93. The molecule has 0 aliphatic heterocycles. The highest BCUT2D eigenvalue weighted by Crippen LogP contribution is 2.38. The van der Waals surface area contributed by atoms with Crippen LogP contribution in [-0.2, 0) is 4.79 Å². The van der Waals surface area contributed by atoms with Crippen LogP contribution in [0.5, 0.6) is 0 Å². The molecular weight excluding hydrogens is 326 g/mol. The van der Waals surface area contributed by atoms with Gasteiger partial charge < -0.3 is 9.84 Å². The summed E-state index contributed by atoms with van der Waals surface area (Å²) in [5, 5.41) is 7.63. The van der Waals surface area contributed by atoms with E-state index in [9.17, 15) is 4.79 Å². The normalized spacial score (nSPS) is 15.8. The monoisotopic (exact) mass is 345 g/mol. The number of halogens is 1. The molecule has 24 heavy (non-hydrogen) atoms. The van der Waals surface area contributed by atoms with Crippen molar-refractivity contribution in [2.24, 2.45) is 5.92 Å². The summed E-state index contributed by atoms with van der Waals surface area (Å²) in [6, 6.07) is 6.98. The Kier molecular flexibility index (Phi) is 5.00. The molecule has 1 aliphatic rings.